The summed E-state index contributed by atoms with van der Waals surface area (Å²) < 4.78 is 0. The van der Waals surface area contributed by atoms with Crippen molar-refractivity contribution >= 4 is 35.6 Å². The summed E-state index contributed by atoms with van der Waals surface area (Å²) in [6, 6.07) is 0.991. The molecule has 1 aromatic rings. The number of rotatable bonds is 16. The molecule has 0 aromatic heterocycles. The first-order chi connectivity index (χ1) is 18.2. The number of primary amides is 1. The lowest BCUT2D eigenvalue weighted by molar-refractivity contribution is -0.144. The van der Waals surface area contributed by atoms with Crippen molar-refractivity contribution in [2.45, 2.75) is 63.7 Å². The van der Waals surface area contributed by atoms with Crippen molar-refractivity contribution in [2.24, 2.45) is 33.8 Å². The first-order valence-electron chi connectivity index (χ1n) is 12.2. The van der Waals surface area contributed by atoms with Gasteiger partial charge in [0.05, 0.1) is 12.5 Å². The van der Waals surface area contributed by atoms with Gasteiger partial charge in [0.1, 0.15) is 23.9 Å². The van der Waals surface area contributed by atoms with E-state index >= 15 is 0 Å². The Bertz CT molecular complexity index is 1040. The van der Waals surface area contributed by atoms with Gasteiger partial charge in [0, 0.05) is 13.0 Å². The maximum atomic E-state index is 13.3. The molecule has 13 N–H and O–H groups in total. The topological polar surface area (TPSA) is 278 Å². The summed E-state index contributed by atoms with van der Waals surface area (Å²) in [7, 11) is 0. The number of nitrogens with one attached hydrogen (secondary N) is 3. The predicted octanol–water partition coefficient (Wildman–Crippen LogP) is -2.61. The smallest absolute Gasteiger partial charge is 0.326 e. The molecule has 4 unspecified atom stereocenters. The zero-order valence-electron chi connectivity index (χ0n) is 21.9. The molecule has 4 atom stereocenters. The highest BCUT2D eigenvalue weighted by Gasteiger charge is 2.32. The lowest BCUT2D eigenvalue weighted by Crippen LogP contribution is -2.59. The number of aromatic hydroxyl groups is 1. The van der Waals surface area contributed by atoms with Crippen molar-refractivity contribution in [2.75, 3.05) is 6.54 Å². The molecule has 0 radical (unpaired) electrons. The normalized spacial score (nSPS) is 13.8. The molecule has 1 rings (SSSR count). The second-order valence-corrected chi connectivity index (χ2v) is 9.29. The van der Waals surface area contributed by atoms with Gasteiger partial charge in [-0.2, -0.15) is 0 Å². The fourth-order valence-corrected chi connectivity index (χ4v) is 3.46. The maximum absolute atomic E-state index is 13.3. The number of phenolic OH excluding ortho intramolecular Hbond substituents is 1. The molecule has 1 aromatic carbocycles. The number of phenols is 1. The summed E-state index contributed by atoms with van der Waals surface area (Å²) >= 11 is 0. The van der Waals surface area contributed by atoms with Gasteiger partial charge < -0.3 is 49.1 Å². The number of carbonyl (C=O) groups excluding carboxylic acids is 4. The molecule has 4 amide bonds. The van der Waals surface area contributed by atoms with Crippen molar-refractivity contribution in [3.05, 3.63) is 29.8 Å². The van der Waals surface area contributed by atoms with Gasteiger partial charge in [0.25, 0.3) is 0 Å². The number of aliphatic imine (C=N–C) groups is 1. The van der Waals surface area contributed by atoms with Gasteiger partial charge >= 0.3 is 5.97 Å². The van der Waals surface area contributed by atoms with Gasteiger partial charge in [0.15, 0.2) is 5.96 Å². The van der Waals surface area contributed by atoms with E-state index in [1.165, 1.54) is 12.1 Å². The highest BCUT2D eigenvalue weighted by molar-refractivity contribution is 5.95. The number of nitrogens with two attached hydrogens (primary N) is 4. The number of aliphatic carboxylic acids is 1. The van der Waals surface area contributed by atoms with E-state index in [0.717, 1.165) is 0 Å². The molecule has 39 heavy (non-hydrogen) atoms. The van der Waals surface area contributed by atoms with Crippen molar-refractivity contribution in [3.8, 4) is 5.75 Å². The number of amides is 4. The van der Waals surface area contributed by atoms with Crippen molar-refractivity contribution in [3.63, 3.8) is 0 Å². The van der Waals surface area contributed by atoms with Crippen LogP contribution in [0.3, 0.4) is 0 Å². The van der Waals surface area contributed by atoms with Crippen LogP contribution in [0.5, 0.6) is 5.75 Å². The summed E-state index contributed by atoms with van der Waals surface area (Å²) in [6.07, 6.45) is -0.0124. The van der Waals surface area contributed by atoms with Crippen LogP contribution in [0, 0.1) is 5.92 Å². The molecular formula is C24H38N8O7. The van der Waals surface area contributed by atoms with Gasteiger partial charge in [-0.15, -0.1) is 0 Å². The highest BCUT2D eigenvalue weighted by atomic mass is 16.4. The minimum atomic E-state index is -1.59. The Morgan fingerprint density at radius 3 is 2.00 bits per heavy atom. The van der Waals surface area contributed by atoms with E-state index in [0.29, 0.717) is 12.0 Å². The van der Waals surface area contributed by atoms with E-state index in [9.17, 15) is 34.2 Å². The summed E-state index contributed by atoms with van der Waals surface area (Å²) in [5.74, 6) is -5.20. The SMILES string of the molecule is CC(C)C(NC(=O)C(Cc1ccc(O)cc1)NC(=O)C(N)CCCN=C(N)N)C(=O)NC(CC(N)=O)C(=O)O. The highest BCUT2D eigenvalue weighted by Crippen LogP contribution is 2.13. The number of hydrogen-bond acceptors (Lipinski definition) is 8. The Kier molecular flexibility index (Phi) is 13.2. The van der Waals surface area contributed by atoms with Gasteiger partial charge in [-0.25, -0.2) is 4.79 Å². The Morgan fingerprint density at radius 1 is 0.897 bits per heavy atom. The van der Waals surface area contributed by atoms with Crippen molar-refractivity contribution < 1.29 is 34.2 Å². The molecule has 0 fully saturated rings. The summed E-state index contributed by atoms with van der Waals surface area (Å²) in [5, 5.41) is 26.2. The number of carboxylic acid groups (broad SMARTS) is 1. The Morgan fingerprint density at radius 2 is 1.49 bits per heavy atom. The monoisotopic (exact) mass is 550 g/mol. The van der Waals surface area contributed by atoms with Crippen LogP contribution in [-0.2, 0) is 30.4 Å². The lowest BCUT2D eigenvalue weighted by atomic mass is 10.00. The average Bonchev–Trinajstić information content (AvgIpc) is 2.84. The molecule has 0 heterocycles. The number of guanidine groups is 1. The molecule has 0 bridgehead atoms. The molecule has 0 aliphatic heterocycles. The quantitative estimate of drug-likeness (QED) is 0.0587. The largest absolute Gasteiger partial charge is 0.508 e. The predicted molar refractivity (Wildman–Crippen MR) is 142 cm³/mol. The number of nitrogens with zero attached hydrogens (tertiary/aromatic N) is 1. The van der Waals surface area contributed by atoms with Crippen LogP contribution in [0.15, 0.2) is 29.3 Å². The van der Waals surface area contributed by atoms with Crippen LogP contribution >= 0.6 is 0 Å². The Labute approximate surface area is 225 Å². The molecule has 15 nitrogen and oxygen atoms in total. The molecular weight excluding hydrogens is 512 g/mol. The second kappa shape index (κ2) is 15.8. The molecule has 15 heteroatoms. The van der Waals surface area contributed by atoms with E-state index in [2.05, 4.69) is 20.9 Å². The van der Waals surface area contributed by atoms with Crippen LogP contribution in [0.4, 0.5) is 0 Å². The summed E-state index contributed by atoms with van der Waals surface area (Å²) in [5.41, 5.74) is 22.2. The van der Waals surface area contributed by atoms with Crippen molar-refractivity contribution in [1.29, 1.82) is 0 Å². The van der Waals surface area contributed by atoms with E-state index in [1.54, 1.807) is 26.0 Å². The Hall–Kier alpha value is -4.40. The third-order valence-electron chi connectivity index (χ3n) is 5.58. The molecule has 0 saturated heterocycles. The van der Waals surface area contributed by atoms with Crippen molar-refractivity contribution in [1.82, 2.24) is 16.0 Å². The fourth-order valence-electron chi connectivity index (χ4n) is 3.46. The zero-order chi connectivity index (χ0) is 29.7. The van der Waals surface area contributed by atoms with Gasteiger partial charge in [-0.1, -0.05) is 26.0 Å². The summed E-state index contributed by atoms with van der Waals surface area (Å²) in [6.45, 7) is 3.50. The molecule has 216 valence electrons. The number of carboxylic acids is 1. The second-order valence-electron chi connectivity index (χ2n) is 9.29. The minimum absolute atomic E-state index is 0.00655. The standard InChI is InChI=1S/C24H38N8O7/c1-12(2)19(22(37)31-17(23(38)39)11-18(26)34)32-21(36)16(10-13-5-7-14(33)8-6-13)30-20(35)15(25)4-3-9-29-24(27)28/h5-8,12,15-17,19,33H,3-4,9-11,25H2,1-2H3,(H2,26,34)(H,30,35)(H,31,37)(H,32,36)(H,38,39)(H4,27,28,29). The lowest BCUT2D eigenvalue weighted by Gasteiger charge is -2.27. The average molecular weight is 551 g/mol. The number of benzene rings is 1. The van der Waals surface area contributed by atoms with E-state index in [4.69, 9.17) is 22.9 Å². The zero-order valence-corrected chi connectivity index (χ0v) is 21.9. The minimum Gasteiger partial charge on any atom is -0.508 e. The van der Waals surface area contributed by atoms with E-state index in [1.807, 2.05) is 0 Å². The molecule has 0 spiro atoms. The van der Waals surface area contributed by atoms with E-state index < -0.39 is 66.1 Å². The van der Waals surface area contributed by atoms with Crippen LogP contribution in [0.1, 0.15) is 38.7 Å². The van der Waals surface area contributed by atoms with E-state index in [-0.39, 0.29) is 31.1 Å². The van der Waals surface area contributed by atoms with Crippen LogP contribution in [-0.4, -0.2) is 76.5 Å². The van der Waals surface area contributed by atoms with Gasteiger partial charge in [0.2, 0.25) is 23.6 Å². The molecule has 0 aliphatic carbocycles. The fraction of sp³-hybridized carbons (Fsp3) is 0.500. The third-order valence-corrected chi connectivity index (χ3v) is 5.58. The third kappa shape index (κ3) is 12.1. The number of hydrogen-bond donors (Lipinski definition) is 9. The van der Waals surface area contributed by atoms with Crippen LogP contribution < -0.4 is 38.9 Å². The first kappa shape index (κ1) is 32.6. The summed E-state index contributed by atoms with van der Waals surface area (Å²) in [4.78, 5) is 65.4. The molecule has 0 saturated carbocycles. The maximum Gasteiger partial charge on any atom is 0.326 e. The van der Waals surface area contributed by atoms with Crippen LogP contribution in [0.2, 0.25) is 0 Å². The van der Waals surface area contributed by atoms with Crippen LogP contribution in [0.25, 0.3) is 0 Å². The first-order valence-corrected chi connectivity index (χ1v) is 12.2. The van der Waals surface area contributed by atoms with Gasteiger partial charge in [-0.05, 0) is 36.5 Å². The number of carbonyl (C=O) groups is 5. The molecule has 0 aliphatic rings. The van der Waals surface area contributed by atoms with Gasteiger partial charge in [-0.3, -0.25) is 24.2 Å². The Balaban J connectivity index is 3.06.